The van der Waals surface area contributed by atoms with Gasteiger partial charge in [0.05, 0.1) is 5.70 Å². The number of nitroso groups, excluding NO2 is 1. The molecule has 86 valence electrons. The number of Topliss-reactive ketones (excluding diaryl/α,β-unsaturated/α-hetero) is 1. The predicted molar refractivity (Wildman–Crippen MR) is 62.2 cm³/mol. The topological polar surface area (TPSA) is 75.6 Å². The summed E-state index contributed by atoms with van der Waals surface area (Å²) in [5, 5.41) is 5.37. The van der Waals surface area contributed by atoms with Crippen LogP contribution in [0.2, 0.25) is 5.02 Å². The summed E-state index contributed by atoms with van der Waals surface area (Å²) in [5.74, 6) is -1.30. The van der Waals surface area contributed by atoms with E-state index in [1.165, 1.54) is 6.08 Å². The molecule has 1 aromatic carbocycles. The molecule has 1 atom stereocenters. The van der Waals surface area contributed by atoms with Gasteiger partial charge in [0.15, 0.2) is 0 Å². The fraction of sp³-hybridized carbons (Fsp3) is 0.0909. The Morgan fingerprint density at radius 2 is 1.88 bits per heavy atom. The highest BCUT2D eigenvalue weighted by Crippen LogP contribution is 2.16. The number of carbonyl (C=O) groups is 2. The van der Waals surface area contributed by atoms with Gasteiger partial charge in [-0.1, -0.05) is 23.7 Å². The first-order chi connectivity index (χ1) is 8.11. The van der Waals surface area contributed by atoms with Crippen LogP contribution in [0.15, 0.2) is 35.1 Å². The zero-order valence-corrected chi connectivity index (χ0v) is 9.27. The molecule has 0 aromatic heterocycles. The molecule has 17 heavy (non-hydrogen) atoms. The van der Waals surface area contributed by atoms with Crippen molar-refractivity contribution < 1.29 is 9.59 Å². The first-order valence-corrected chi connectivity index (χ1v) is 5.14. The maximum Gasteiger partial charge on any atom is 0.261 e. The lowest BCUT2D eigenvalue weighted by molar-refractivity contribution is -0.123. The summed E-state index contributed by atoms with van der Waals surface area (Å²) in [6.45, 7) is 0. The van der Waals surface area contributed by atoms with Crippen LogP contribution >= 0.6 is 11.6 Å². The number of rotatable bonds is 2. The molecule has 0 spiro atoms. The number of hydrogen-bond acceptors (Lipinski definition) is 4. The van der Waals surface area contributed by atoms with Gasteiger partial charge in [0.25, 0.3) is 5.91 Å². The maximum atomic E-state index is 11.5. The first-order valence-electron chi connectivity index (χ1n) is 4.76. The molecule has 1 aliphatic heterocycles. The van der Waals surface area contributed by atoms with Crippen molar-refractivity contribution in [2.75, 3.05) is 0 Å². The van der Waals surface area contributed by atoms with Crippen molar-refractivity contribution in [1.82, 2.24) is 5.32 Å². The third-order valence-electron chi connectivity index (χ3n) is 2.31. The largest absolute Gasteiger partial charge is 0.321 e. The number of hydrogen-bond donors (Lipinski definition) is 1. The van der Waals surface area contributed by atoms with E-state index < -0.39 is 17.7 Å². The minimum atomic E-state index is -1.46. The Labute approximate surface area is 101 Å². The molecule has 1 aromatic rings. The highest BCUT2D eigenvalue weighted by atomic mass is 35.5. The van der Waals surface area contributed by atoms with Gasteiger partial charge in [-0.25, -0.2) is 0 Å². The van der Waals surface area contributed by atoms with E-state index in [2.05, 4.69) is 10.5 Å². The molecule has 1 fully saturated rings. The van der Waals surface area contributed by atoms with Crippen molar-refractivity contribution in [1.29, 1.82) is 0 Å². The van der Waals surface area contributed by atoms with E-state index in [-0.39, 0.29) is 5.70 Å². The molecule has 5 nitrogen and oxygen atoms in total. The third-order valence-corrected chi connectivity index (χ3v) is 2.56. The number of ketones is 1. The molecule has 0 saturated carbocycles. The standard InChI is InChI=1S/C11H7ClN2O3/c12-7-3-1-6(2-4-7)5-8-10(15)9(14-17)11(16)13-8/h1-5,9H,(H,13,16). The predicted octanol–water partition coefficient (Wildman–Crippen LogP) is 1.51. The van der Waals surface area contributed by atoms with Crippen LogP contribution in [0.3, 0.4) is 0 Å². The van der Waals surface area contributed by atoms with E-state index in [0.29, 0.717) is 10.6 Å². The second-order valence-electron chi connectivity index (χ2n) is 3.47. The third kappa shape index (κ3) is 2.24. The zero-order chi connectivity index (χ0) is 12.4. The molecule has 1 aliphatic rings. The Morgan fingerprint density at radius 1 is 1.24 bits per heavy atom. The van der Waals surface area contributed by atoms with Crippen molar-refractivity contribution in [3.8, 4) is 0 Å². The van der Waals surface area contributed by atoms with Crippen molar-refractivity contribution in [3.05, 3.63) is 45.5 Å². The van der Waals surface area contributed by atoms with Crippen molar-refractivity contribution >= 4 is 29.4 Å². The van der Waals surface area contributed by atoms with Gasteiger partial charge in [-0.05, 0) is 28.9 Å². The van der Waals surface area contributed by atoms with Crippen LogP contribution in [-0.4, -0.2) is 17.7 Å². The van der Waals surface area contributed by atoms with Gasteiger partial charge in [-0.15, -0.1) is 4.91 Å². The Kier molecular flexibility index (Phi) is 3.01. The lowest BCUT2D eigenvalue weighted by atomic mass is 10.1. The summed E-state index contributed by atoms with van der Waals surface area (Å²) in [4.78, 5) is 33.0. The van der Waals surface area contributed by atoms with Crippen LogP contribution in [0.25, 0.3) is 6.08 Å². The smallest absolute Gasteiger partial charge is 0.261 e. The Morgan fingerprint density at radius 3 is 2.41 bits per heavy atom. The van der Waals surface area contributed by atoms with E-state index in [0.717, 1.165) is 0 Å². The molecule has 1 unspecified atom stereocenters. The SMILES string of the molecule is O=NC1C(=O)NC(=Cc2ccc(Cl)cc2)C1=O. The first kappa shape index (κ1) is 11.5. The van der Waals surface area contributed by atoms with E-state index in [1.807, 2.05) is 0 Å². The Hall–Kier alpha value is -2.01. The van der Waals surface area contributed by atoms with E-state index in [4.69, 9.17) is 11.6 Å². The van der Waals surface area contributed by atoms with Gasteiger partial charge in [-0.3, -0.25) is 9.59 Å². The number of carbonyl (C=O) groups excluding carboxylic acids is 2. The van der Waals surface area contributed by atoms with Crippen LogP contribution in [0.5, 0.6) is 0 Å². The minimum absolute atomic E-state index is 0.0712. The van der Waals surface area contributed by atoms with Gasteiger partial charge < -0.3 is 5.32 Å². The van der Waals surface area contributed by atoms with E-state index in [1.54, 1.807) is 24.3 Å². The summed E-state index contributed by atoms with van der Waals surface area (Å²) in [7, 11) is 0. The maximum absolute atomic E-state index is 11.5. The number of halogens is 1. The lowest BCUT2D eigenvalue weighted by Crippen LogP contribution is -2.22. The second kappa shape index (κ2) is 4.47. The summed E-state index contributed by atoms with van der Waals surface area (Å²) in [5.41, 5.74) is 0.770. The Balaban J connectivity index is 2.30. The zero-order valence-electron chi connectivity index (χ0n) is 8.51. The molecular weight excluding hydrogens is 244 g/mol. The molecule has 6 heteroatoms. The lowest BCUT2D eigenvalue weighted by Gasteiger charge is -1.96. The molecule has 1 N–H and O–H groups in total. The summed E-state index contributed by atoms with van der Waals surface area (Å²) < 4.78 is 0. The van der Waals surface area contributed by atoms with Gasteiger partial charge >= 0.3 is 0 Å². The van der Waals surface area contributed by atoms with Crippen LogP contribution in [-0.2, 0) is 9.59 Å². The summed E-state index contributed by atoms with van der Waals surface area (Å²) in [6.07, 6.45) is 1.47. The molecule has 0 aliphatic carbocycles. The highest BCUT2D eigenvalue weighted by molar-refractivity contribution is 6.30. The number of nitrogens with zero attached hydrogens (tertiary/aromatic N) is 1. The van der Waals surface area contributed by atoms with Crippen molar-refractivity contribution in [3.63, 3.8) is 0 Å². The van der Waals surface area contributed by atoms with Gasteiger partial charge in [-0.2, -0.15) is 0 Å². The molecule has 0 radical (unpaired) electrons. The fourth-order valence-electron chi connectivity index (χ4n) is 1.46. The van der Waals surface area contributed by atoms with E-state index >= 15 is 0 Å². The monoisotopic (exact) mass is 250 g/mol. The molecular formula is C11H7ClN2O3. The van der Waals surface area contributed by atoms with Crippen LogP contribution in [0, 0.1) is 4.91 Å². The summed E-state index contributed by atoms with van der Waals surface area (Å²) in [6, 6.07) is 5.23. The van der Waals surface area contributed by atoms with Crippen molar-refractivity contribution in [2.45, 2.75) is 6.04 Å². The minimum Gasteiger partial charge on any atom is -0.321 e. The van der Waals surface area contributed by atoms with Crippen LogP contribution < -0.4 is 5.32 Å². The second-order valence-corrected chi connectivity index (χ2v) is 3.91. The molecule has 0 bridgehead atoms. The summed E-state index contributed by atoms with van der Waals surface area (Å²) >= 11 is 5.71. The molecule has 1 heterocycles. The molecule has 2 rings (SSSR count). The van der Waals surface area contributed by atoms with Gasteiger partial charge in [0.1, 0.15) is 0 Å². The normalized spacial score (nSPS) is 21.7. The Bertz CT molecular complexity index is 522. The van der Waals surface area contributed by atoms with Crippen molar-refractivity contribution in [2.24, 2.45) is 5.18 Å². The highest BCUT2D eigenvalue weighted by Gasteiger charge is 2.38. The van der Waals surface area contributed by atoms with Gasteiger partial charge in [0.2, 0.25) is 11.8 Å². The van der Waals surface area contributed by atoms with Gasteiger partial charge in [0, 0.05) is 5.02 Å². The number of amides is 1. The van der Waals surface area contributed by atoms with Crippen LogP contribution in [0.1, 0.15) is 5.56 Å². The molecule has 1 amide bonds. The average Bonchev–Trinajstić information content (AvgIpc) is 2.57. The van der Waals surface area contributed by atoms with Crippen LogP contribution in [0.4, 0.5) is 0 Å². The molecule has 1 saturated heterocycles. The van der Waals surface area contributed by atoms with E-state index in [9.17, 15) is 14.5 Å². The quantitative estimate of drug-likeness (QED) is 0.491. The fourth-order valence-corrected chi connectivity index (χ4v) is 1.58. The average molecular weight is 251 g/mol. The number of nitrogens with one attached hydrogen (secondary N) is 1. The number of benzene rings is 1.